The van der Waals surface area contributed by atoms with Crippen LogP contribution in [0.2, 0.25) is 0 Å². The molecule has 4 heteroatoms. The minimum atomic E-state index is 1.10. The van der Waals surface area contributed by atoms with Gasteiger partial charge in [0.05, 0.1) is 20.4 Å². The van der Waals surface area contributed by atoms with Gasteiger partial charge in [-0.2, -0.15) is 0 Å². The second kappa shape index (κ2) is 8.66. The number of benzene rings is 7. The van der Waals surface area contributed by atoms with Crippen molar-refractivity contribution in [3.63, 3.8) is 0 Å². The van der Waals surface area contributed by atoms with Crippen LogP contribution in [0.25, 0.3) is 100 Å². The van der Waals surface area contributed by atoms with Crippen molar-refractivity contribution in [3.05, 3.63) is 134 Å². The highest BCUT2D eigenvalue weighted by molar-refractivity contribution is 7.33. The fourth-order valence-electron chi connectivity index (χ4n) is 7.81. The molecule has 11 aromatic rings. The Kier molecular flexibility index (Phi) is 4.64. The van der Waals surface area contributed by atoms with Crippen molar-refractivity contribution in [2.24, 2.45) is 0 Å². The lowest BCUT2D eigenvalue weighted by atomic mass is 9.94. The molecule has 7 aromatic carbocycles. The predicted octanol–water partition coefficient (Wildman–Crippen LogP) is 12.4. The molecule has 2 nitrogen and oxygen atoms in total. The first-order chi connectivity index (χ1) is 22.3. The molecular weight excluding hydrogens is 585 g/mol. The highest BCUT2D eigenvalue weighted by atomic mass is 32.1. The summed E-state index contributed by atoms with van der Waals surface area (Å²) in [4.78, 5) is 5.93. The van der Waals surface area contributed by atoms with Crippen LogP contribution < -0.4 is 0 Å². The summed E-state index contributed by atoms with van der Waals surface area (Å²) in [5.41, 5.74) is 3.69. The van der Waals surface area contributed by atoms with Gasteiger partial charge in [0, 0.05) is 48.9 Å². The number of rotatable bonds is 1. The summed E-state index contributed by atoms with van der Waals surface area (Å²) < 4.78 is 6.54. The molecule has 45 heavy (non-hydrogen) atoms. The molecule has 0 N–H and O–H groups in total. The Hall–Kier alpha value is -5.29. The van der Waals surface area contributed by atoms with Gasteiger partial charge in [-0.25, -0.2) is 4.98 Å². The third-order valence-corrected chi connectivity index (χ3v) is 12.1. The summed E-state index contributed by atoms with van der Waals surface area (Å²) in [6, 6.07) is 46.9. The Morgan fingerprint density at radius 2 is 1.04 bits per heavy atom. The Morgan fingerprint density at radius 3 is 1.82 bits per heavy atom. The van der Waals surface area contributed by atoms with Crippen LogP contribution in [-0.2, 0) is 0 Å². The number of thiophene rings is 2. The van der Waals surface area contributed by atoms with Gasteiger partial charge in [-0.05, 0) is 68.7 Å². The van der Waals surface area contributed by atoms with Gasteiger partial charge in [0.25, 0.3) is 0 Å². The summed E-state index contributed by atoms with van der Waals surface area (Å²) in [7, 11) is 0. The lowest BCUT2D eigenvalue weighted by molar-refractivity contribution is 1.19. The SMILES string of the molecule is c1ccc2c(c1)sc1c3sc4ncccc4c3c3c4ccccc4n(-c4ccc5c6ccccc6c6ccccc6c5c4)c3c21. The van der Waals surface area contributed by atoms with Crippen molar-refractivity contribution in [2.75, 3.05) is 0 Å². The molecule has 0 aliphatic carbocycles. The van der Waals surface area contributed by atoms with E-state index in [4.69, 9.17) is 4.98 Å². The fourth-order valence-corrected chi connectivity index (χ4v) is 10.3. The van der Waals surface area contributed by atoms with Gasteiger partial charge < -0.3 is 4.57 Å². The number of hydrogen-bond acceptors (Lipinski definition) is 3. The first-order valence-electron chi connectivity index (χ1n) is 15.2. The first-order valence-corrected chi connectivity index (χ1v) is 16.9. The molecule has 0 radical (unpaired) electrons. The number of nitrogens with zero attached hydrogens (tertiary/aromatic N) is 2. The molecule has 0 atom stereocenters. The molecule has 0 bridgehead atoms. The maximum atomic E-state index is 4.84. The van der Waals surface area contributed by atoms with Gasteiger partial charge in [-0.3, -0.25) is 0 Å². The molecular formula is C41H22N2S2. The van der Waals surface area contributed by atoms with Crippen LogP contribution in [0.5, 0.6) is 0 Å². The van der Waals surface area contributed by atoms with E-state index in [1.807, 2.05) is 28.9 Å². The predicted molar refractivity (Wildman–Crippen MR) is 197 cm³/mol. The molecule has 0 amide bonds. The molecule has 4 aromatic heterocycles. The van der Waals surface area contributed by atoms with Crippen molar-refractivity contribution >= 4 is 117 Å². The Morgan fingerprint density at radius 1 is 0.444 bits per heavy atom. The first kappa shape index (κ1) is 24.1. The van der Waals surface area contributed by atoms with Crippen molar-refractivity contribution < 1.29 is 0 Å². The smallest absolute Gasteiger partial charge is 0.124 e. The normalized spacial score (nSPS) is 12.4. The lowest BCUT2D eigenvalue weighted by Gasteiger charge is -2.14. The van der Waals surface area contributed by atoms with Crippen LogP contribution in [0, 0.1) is 0 Å². The molecule has 4 heterocycles. The van der Waals surface area contributed by atoms with Crippen molar-refractivity contribution in [1.29, 1.82) is 0 Å². The maximum Gasteiger partial charge on any atom is 0.124 e. The maximum absolute atomic E-state index is 4.84. The number of para-hydroxylation sites is 1. The highest BCUT2D eigenvalue weighted by Gasteiger charge is 2.24. The third kappa shape index (κ3) is 3.05. The van der Waals surface area contributed by atoms with Crippen LogP contribution in [0.1, 0.15) is 0 Å². The Labute approximate surface area is 265 Å². The van der Waals surface area contributed by atoms with Crippen molar-refractivity contribution in [1.82, 2.24) is 9.55 Å². The number of hydrogen-bond donors (Lipinski definition) is 0. The van der Waals surface area contributed by atoms with Crippen molar-refractivity contribution in [2.45, 2.75) is 0 Å². The van der Waals surface area contributed by atoms with Gasteiger partial charge in [-0.15, -0.1) is 22.7 Å². The van der Waals surface area contributed by atoms with Crippen molar-refractivity contribution in [3.8, 4) is 5.69 Å². The van der Waals surface area contributed by atoms with Gasteiger partial charge >= 0.3 is 0 Å². The largest absolute Gasteiger partial charge is 0.309 e. The molecule has 0 spiro atoms. The fraction of sp³-hybridized carbons (Fsp3) is 0. The van der Waals surface area contributed by atoms with Crippen LogP contribution in [0.4, 0.5) is 0 Å². The summed E-state index contributed by atoms with van der Waals surface area (Å²) in [5, 5.41) is 15.6. The lowest BCUT2D eigenvalue weighted by Crippen LogP contribution is -1.95. The molecule has 0 unspecified atom stereocenters. The van der Waals surface area contributed by atoms with E-state index in [-0.39, 0.29) is 0 Å². The number of fused-ring (bicyclic) bond motifs is 18. The monoisotopic (exact) mass is 606 g/mol. The average molecular weight is 607 g/mol. The second-order valence-corrected chi connectivity index (χ2v) is 13.9. The summed E-state index contributed by atoms with van der Waals surface area (Å²) in [5.74, 6) is 0. The van der Waals surface area contributed by atoms with Crippen LogP contribution in [0.15, 0.2) is 134 Å². The minimum Gasteiger partial charge on any atom is -0.309 e. The summed E-state index contributed by atoms with van der Waals surface area (Å²) in [6.07, 6.45) is 1.92. The van der Waals surface area contributed by atoms with Gasteiger partial charge in [-0.1, -0.05) is 91.0 Å². The number of aromatic nitrogens is 2. The van der Waals surface area contributed by atoms with E-state index in [9.17, 15) is 0 Å². The van der Waals surface area contributed by atoms with E-state index in [2.05, 4.69) is 132 Å². The highest BCUT2D eigenvalue weighted by Crippen LogP contribution is 2.52. The van der Waals surface area contributed by atoms with E-state index in [1.165, 1.54) is 95.5 Å². The second-order valence-electron chi connectivity index (χ2n) is 11.9. The van der Waals surface area contributed by atoms with E-state index < -0.39 is 0 Å². The van der Waals surface area contributed by atoms with E-state index in [0.717, 1.165) is 4.83 Å². The summed E-state index contributed by atoms with van der Waals surface area (Å²) in [6.45, 7) is 0. The van der Waals surface area contributed by atoms with Crippen LogP contribution >= 0.6 is 22.7 Å². The zero-order valence-electron chi connectivity index (χ0n) is 23.9. The van der Waals surface area contributed by atoms with Crippen LogP contribution in [0.3, 0.4) is 0 Å². The quantitative estimate of drug-likeness (QED) is 0.170. The standard InChI is InChI=1S/C41H22N2S2/c1-2-12-26-24(10-1)25-11-3-4-13-27(25)32-22-23(19-20-28(26)32)43-33-17-7-5-14-29(33)35-36-31-16-9-21-42-41(31)45-39(36)40-37(38(35)43)30-15-6-8-18-34(30)44-40/h1-22H. The van der Waals surface area contributed by atoms with Gasteiger partial charge in [0.1, 0.15) is 4.83 Å². The Bertz CT molecular complexity index is 3010. The Balaban J connectivity index is 1.41. The molecule has 0 aliphatic rings. The van der Waals surface area contributed by atoms with E-state index in [1.54, 1.807) is 0 Å². The van der Waals surface area contributed by atoms with E-state index in [0.29, 0.717) is 0 Å². The molecule has 11 rings (SSSR count). The zero-order chi connectivity index (χ0) is 29.2. The zero-order valence-corrected chi connectivity index (χ0v) is 25.5. The number of pyridine rings is 1. The molecule has 0 aliphatic heterocycles. The van der Waals surface area contributed by atoms with Gasteiger partial charge in [0.2, 0.25) is 0 Å². The molecule has 208 valence electrons. The van der Waals surface area contributed by atoms with Gasteiger partial charge in [0.15, 0.2) is 0 Å². The minimum absolute atomic E-state index is 1.10. The summed E-state index contributed by atoms with van der Waals surface area (Å²) >= 11 is 3.74. The van der Waals surface area contributed by atoms with Crippen LogP contribution in [-0.4, -0.2) is 9.55 Å². The average Bonchev–Trinajstić information content (AvgIpc) is 3.78. The molecule has 0 fully saturated rings. The topological polar surface area (TPSA) is 17.8 Å². The molecule has 0 saturated carbocycles. The molecule has 0 saturated heterocycles. The third-order valence-electron chi connectivity index (χ3n) is 9.62. The van der Waals surface area contributed by atoms with E-state index >= 15 is 0 Å².